The van der Waals surface area contributed by atoms with Crippen molar-refractivity contribution in [2.75, 3.05) is 19.8 Å². The van der Waals surface area contributed by atoms with E-state index in [0.29, 0.717) is 37.2 Å². The normalized spacial score (nSPS) is 14.0. The van der Waals surface area contributed by atoms with Crippen molar-refractivity contribution < 1.29 is 9.53 Å². The molecule has 1 aliphatic rings. The predicted octanol–water partition coefficient (Wildman–Crippen LogP) is 1.28. The van der Waals surface area contributed by atoms with Crippen LogP contribution in [-0.4, -0.2) is 35.6 Å². The molecule has 0 bridgehead atoms. The first-order valence-corrected chi connectivity index (χ1v) is 7.10. The van der Waals surface area contributed by atoms with Crippen molar-refractivity contribution in [1.82, 2.24) is 15.3 Å². The molecule has 1 heterocycles. The number of aromatic nitrogens is 2. The van der Waals surface area contributed by atoms with Crippen LogP contribution in [0.25, 0.3) is 0 Å². The maximum Gasteiger partial charge on any atom is 0.264 e. The van der Waals surface area contributed by atoms with Gasteiger partial charge in [0.25, 0.3) is 11.5 Å². The van der Waals surface area contributed by atoms with E-state index in [4.69, 9.17) is 4.74 Å². The number of ether oxygens (including phenoxy) is 1. The van der Waals surface area contributed by atoms with E-state index in [0.717, 1.165) is 18.4 Å². The number of aryl methyl sites for hydroxylation is 1. The maximum atomic E-state index is 12.0. The van der Waals surface area contributed by atoms with Gasteiger partial charge in [0.05, 0.1) is 18.9 Å². The lowest BCUT2D eigenvalue weighted by Gasteiger charge is -2.08. The number of carbonyl (C=O) groups is 1. The maximum absolute atomic E-state index is 12.0. The first kappa shape index (κ1) is 15.4. The summed E-state index contributed by atoms with van der Waals surface area (Å²) in [7, 11) is 0. The quantitative estimate of drug-likeness (QED) is 0.585. The number of rotatable bonds is 7. The van der Waals surface area contributed by atoms with Gasteiger partial charge in [0, 0.05) is 12.5 Å². The SMILES string of the molecule is C=C(C)COCCNC(=O)c1c(C)nc(C2CC2)[nH]c1=O. The van der Waals surface area contributed by atoms with Crippen LogP contribution in [0, 0.1) is 6.92 Å². The number of hydrogen-bond donors (Lipinski definition) is 2. The van der Waals surface area contributed by atoms with Crippen LogP contribution in [0.1, 0.15) is 47.6 Å². The van der Waals surface area contributed by atoms with E-state index in [1.807, 2.05) is 6.92 Å². The van der Waals surface area contributed by atoms with E-state index in [-0.39, 0.29) is 11.1 Å². The van der Waals surface area contributed by atoms with Gasteiger partial charge in [-0.05, 0) is 26.7 Å². The second-order valence-corrected chi connectivity index (χ2v) is 5.45. The third-order valence-electron chi connectivity index (χ3n) is 3.19. The van der Waals surface area contributed by atoms with E-state index in [1.54, 1.807) is 6.92 Å². The Hall–Kier alpha value is -1.95. The first-order chi connectivity index (χ1) is 9.99. The summed E-state index contributed by atoms with van der Waals surface area (Å²) >= 11 is 0. The first-order valence-electron chi connectivity index (χ1n) is 7.10. The molecule has 1 aromatic heterocycles. The summed E-state index contributed by atoms with van der Waals surface area (Å²) in [5.74, 6) is 0.630. The molecule has 1 fully saturated rings. The summed E-state index contributed by atoms with van der Waals surface area (Å²) in [5.41, 5.74) is 1.11. The lowest BCUT2D eigenvalue weighted by Crippen LogP contribution is -2.34. The fourth-order valence-corrected chi connectivity index (χ4v) is 2.00. The number of H-pyrrole nitrogens is 1. The van der Waals surface area contributed by atoms with E-state index in [1.165, 1.54) is 0 Å². The van der Waals surface area contributed by atoms with Crippen LogP contribution in [0.3, 0.4) is 0 Å². The van der Waals surface area contributed by atoms with Crippen molar-refractivity contribution in [3.8, 4) is 0 Å². The fourth-order valence-electron chi connectivity index (χ4n) is 2.00. The molecule has 1 saturated carbocycles. The van der Waals surface area contributed by atoms with Crippen molar-refractivity contribution in [3.05, 3.63) is 39.6 Å². The highest BCUT2D eigenvalue weighted by atomic mass is 16.5. The molecule has 21 heavy (non-hydrogen) atoms. The number of aromatic amines is 1. The van der Waals surface area contributed by atoms with Gasteiger partial charge in [-0.15, -0.1) is 0 Å². The second kappa shape index (κ2) is 6.67. The van der Waals surface area contributed by atoms with Gasteiger partial charge in [-0.25, -0.2) is 4.98 Å². The Labute approximate surface area is 123 Å². The zero-order valence-electron chi connectivity index (χ0n) is 12.5. The average molecular weight is 291 g/mol. The highest BCUT2D eigenvalue weighted by molar-refractivity contribution is 5.94. The lowest BCUT2D eigenvalue weighted by atomic mass is 10.2. The summed E-state index contributed by atoms with van der Waals surface area (Å²) in [4.78, 5) is 31.1. The molecule has 1 aliphatic carbocycles. The summed E-state index contributed by atoms with van der Waals surface area (Å²) in [5, 5.41) is 2.67. The van der Waals surface area contributed by atoms with Crippen molar-refractivity contribution in [3.63, 3.8) is 0 Å². The molecular weight excluding hydrogens is 270 g/mol. The largest absolute Gasteiger partial charge is 0.375 e. The van der Waals surface area contributed by atoms with E-state index in [2.05, 4.69) is 21.9 Å². The highest BCUT2D eigenvalue weighted by Gasteiger charge is 2.27. The van der Waals surface area contributed by atoms with Gasteiger partial charge in [0.15, 0.2) is 0 Å². The van der Waals surface area contributed by atoms with E-state index >= 15 is 0 Å². The van der Waals surface area contributed by atoms with Crippen LogP contribution in [0.2, 0.25) is 0 Å². The van der Waals surface area contributed by atoms with Gasteiger partial charge in [0.1, 0.15) is 11.4 Å². The summed E-state index contributed by atoms with van der Waals surface area (Å²) in [6, 6.07) is 0. The zero-order chi connectivity index (χ0) is 15.4. The number of nitrogens with zero attached hydrogens (tertiary/aromatic N) is 1. The molecule has 0 saturated heterocycles. The van der Waals surface area contributed by atoms with E-state index < -0.39 is 5.91 Å². The molecule has 0 radical (unpaired) electrons. The summed E-state index contributed by atoms with van der Waals surface area (Å²) < 4.78 is 5.28. The van der Waals surface area contributed by atoms with Crippen molar-refractivity contribution in [2.45, 2.75) is 32.6 Å². The van der Waals surface area contributed by atoms with Crippen molar-refractivity contribution in [1.29, 1.82) is 0 Å². The molecule has 6 nitrogen and oxygen atoms in total. The fraction of sp³-hybridized carbons (Fsp3) is 0.533. The monoisotopic (exact) mass is 291 g/mol. The molecular formula is C15H21N3O3. The number of hydrogen-bond acceptors (Lipinski definition) is 4. The van der Waals surface area contributed by atoms with Gasteiger partial charge in [-0.3, -0.25) is 9.59 Å². The topological polar surface area (TPSA) is 84.1 Å². The van der Waals surface area contributed by atoms with Crippen molar-refractivity contribution in [2.24, 2.45) is 0 Å². The molecule has 2 N–H and O–H groups in total. The van der Waals surface area contributed by atoms with Crippen LogP contribution in [-0.2, 0) is 4.74 Å². The number of nitrogens with one attached hydrogen (secondary N) is 2. The average Bonchev–Trinajstić information content (AvgIpc) is 3.21. The minimum atomic E-state index is -0.414. The van der Waals surface area contributed by atoms with Crippen LogP contribution >= 0.6 is 0 Å². The standard InChI is InChI=1S/C15H21N3O3/c1-9(2)8-21-7-6-16-14(19)12-10(3)17-13(11-4-5-11)18-15(12)20/h11H,1,4-8H2,2-3H3,(H,16,19)(H,17,18,20). The second-order valence-electron chi connectivity index (χ2n) is 5.45. The van der Waals surface area contributed by atoms with Crippen molar-refractivity contribution >= 4 is 5.91 Å². The molecule has 0 aromatic carbocycles. The van der Waals surface area contributed by atoms with Gasteiger partial charge >= 0.3 is 0 Å². The predicted molar refractivity (Wildman–Crippen MR) is 79.5 cm³/mol. The molecule has 114 valence electrons. The highest BCUT2D eigenvalue weighted by Crippen LogP contribution is 2.37. The van der Waals surface area contributed by atoms with Crippen LogP contribution in [0.5, 0.6) is 0 Å². The minimum absolute atomic E-state index is 0.0827. The van der Waals surface area contributed by atoms with Crippen LogP contribution in [0.15, 0.2) is 16.9 Å². The smallest absolute Gasteiger partial charge is 0.264 e. The Morgan fingerprint density at radius 3 is 2.81 bits per heavy atom. The molecule has 0 unspecified atom stereocenters. The Morgan fingerprint density at radius 2 is 2.24 bits per heavy atom. The molecule has 0 atom stereocenters. The Bertz CT molecular complexity index is 603. The van der Waals surface area contributed by atoms with Crippen LogP contribution < -0.4 is 10.9 Å². The number of carbonyl (C=O) groups excluding carboxylic acids is 1. The third-order valence-corrected chi connectivity index (χ3v) is 3.19. The Kier molecular flexibility index (Phi) is 4.90. The molecule has 0 aliphatic heterocycles. The lowest BCUT2D eigenvalue weighted by molar-refractivity contribution is 0.0924. The number of amides is 1. The molecule has 1 aromatic rings. The molecule has 6 heteroatoms. The van der Waals surface area contributed by atoms with Gasteiger partial charge < -0.3 is 15.0 Å². The molecule has 0 spiro atoms. The summed E-state index contributed by atoms with van der Waals surface area (Å²) in [6.45, 7) is 8.46. The van der Waals surface area contributed by atoms with Crippen LogP contribution in [0.4, 0.5) is 0 Å². The zero-order valence-corrected chi connectivity index (χ0v) is 12.5. The van der Waals surface area contributed by atoms with Gasteiger partial charge in [-0.2, -0.15) is 0 Å². The summed E-state index contributed by atoms with van der Waals surface area (Å²) in [6.07, 6.45) is 2.10. The molecule has 1 amide bonds. The Balaban J connectivity index is 1.93. The minimum Gasteiger partial charge on any atom is -0.375 e. The molecule has 2 rings (SSSR count). The van der Waals surface area contributed by atoms with Gasteiger partial charge in [0.2, 0.25) is 0 Å². The van der Waals surface area contributed by atoms with E-state index in [9.17, 15) is 9.59 Å². The Morgan fingerprint density at radius 1 is 1.52 bits per heavy atom. The van der Waals surface area contributed by atoms with Gasteiger partial charge in [-0.1, -0.05) is 12.2 Å². The third kappa shape index (κ3) is 4.26.